The van der Waals surface area contributed by atoms with E-state index in [1.54, 1.807) is 4.90 Å². The van der Waals surface area contributed by atoms with Gasteiger partial charge in [0.15, 0.2) is 0 Å². The number of rotatable bonds is 1. The lowest BCUT2D eigenvalue weighted by Gasteiger charge is -2.16. The molecule has 0 saturated carbocycles. The van der Waals surface area contributed by atoms with Crippen molar-refractivity contribution in [3.05, 3.63) is 11.8 Å². The van der Waals surface area contributed by atoms with Gasteiger partial charge in [0.1, 0.15) is 0 Å². The van der Waals surface area contributed by atoms with Gasteiger partial charge in [-0.2, -0.15) is 0 Å². The third-order valence-electron chi connectivity index (χ3n) is 1.84. The van der Waals surface area contributed by atoms with Crippen molar-refractivity contribution in [1.82, 2.24) is 4.90 Å². The van der Waals surface area contributed by atoms with Crippen molar-refractivity contribution in [2.75, 3.05) is 7.05 Å². The topological polar surface area (TPSA) is 20.3 Å². The molecule has 0 aliphatic carbocycles. The Morgan fingerprint density at radius 1 is 1.60 bits per heavy atom. The minimum atomic E-state index is 0.212. The molecule has 1 rings (SSSR count). The second kappa shape index (κ2) is 2.45. The van der Waals surface area contributed by atoms with Gasteiger partial charge in [-0.25, -0.2) is 0 Å². The number of carbonyl (C=O) groups is 1. The molecule has 1 aliphatic rings. The van der Waals surface area contributed by atoms with Gasteiger partial charge in [-0.3, -0.25) is 4.79 Å². The van der Waals surface area contributed by atoms with E-state index in [-0.39, 0.29) is 5.91 Å². The van der Waals surface area contributed by atoms with Crippen molar-refractivity contribution in [2.45, 2.75) is 20.3 Å². The Morgan fingerprint density at radius 3 is 2.40 bits per heavy atom. The minimum Gasteiger partial charge on any atom is -0.319 e. The van der Waals surface area contributed by atoms with Gasteiger partial charge < -0.3 is 4.90 Å². The van der Waals surface area contributed by atoms with Crippen LogP contribution in [0, 0.1) is 5.92 Å². The smallest absolute Gasteiger partial charge is 0.230 e. The van der Waals surface area contributed by atoms with E-state index >= 15 is 0 Å². The Labute approximate surface area is 61.5 Å². The highest BCUT2D eigenvalue weighted by Crippen LogP contribution is 2.20. The number of hydrogen-bond acceptors (Lipinski definition) is 1. The van der Waals surface area contributed by atoms with E-state index in [2.05, 4.69) is 13.8 Å². The van der Waals surface area contributed by atoms with Gasteiger partial charge in [-0.05, 0) is 5.92 Å². The van der Waals surface area contributed by atoms with Crippen LogP contribution >= 0.6 is 0 Å². The van der Waals surface area contributed by atoms with Crippen LogP contribution < -0.4 is 0 Å². The van der Waals surface area contributed by atoms with E-state index in [4.69, 9.17) is 0 Å². The van der Waals surface area contributed by atoms with Gasteiger partial charge >= 0.3 is 0 Å². The van der Waals surface area contributed by atoms with Crippen molar-refractivity contribution in [3.8, 4) is 0 Å². The van der Waals surface area contributed by atoms with Gasteiger partial charge in [0.05, 0.1) is 0 Å². The molecule has 0 saturated heterocycles. The van der Waals surface area contributed by atoms with Gasteiger partial charge in [-0.15, -0.1) is 0 Å². The SMILES string of the molecule is CC(C)C1=CCC(=O)N1C. The first kappa shape index (κ1) is 7.32. The van der Waals surface area contributed by atoms with Crippen LogP contribution in [0.25, 0.3) is 0 Å². The normalized spacial score (nSPS) is 18.6. The van der Waals surface area contributed by atoms with Crippen molar-refractivity contribution >= 4 is 5.91 Å². The molecule has 0 N–H and O–H groups in total. The molecule has 0 fully saturated rings. The van der Waals surface area contributed by atoms with Gasteiger partial charge in [0.2, 0.25) is 5.91 Å². The third-order valence-corrected chi connectivity index (χ3v) is 1.84. The van der Waals surface area contributed by atoms with Crippen LogP contribution in [-0.4, -0.2) is 17.9 Å². The maximum Gasteiger partial charge on any atom is 0.230 e. The highest BCUT2D eigenvalue weighted by molar-refractivity contribution is 5.82. The predicted octanol–water partition coefficient (Wildman–Crippen LogP) is 1.39. The molecule has 1 aliphatic heterocycles. The molecule has 1 amide bonds. The van der Waals surface area contributed by atoms with Crippen LogP contribution in [0.15, 0.2) is 11.8 Å². The molecule has 0 aromatic heterocycles. The predicted molar refractivity (Wildman–Crippen MR) is 40.3 cm³/mol. The largest absolute Gasteiger partial charge is 0.319 e. The summed E-state index contributed by atoms with van der Waals surface area (Å²) in [6.45, 7) is 4.20. The van der Waals surface area contributed by atoms with Crippen molar-refractivity contribution in [3.63, 3.8) is 0 Å². The highest BCUT2D eigenvalue weighted by Gasteiger charge is 2.20. The molecule has 2 heteroatoms. The second-order valence-corrected chi connectivity index (χ2v) is 2.94. The van der Waals surface area contributed by atoms with E-state index in [9.17, 15) is 4.79 Å². The first-order chi connectivity index (χ1) is 4.63. The third kappa shape index (κ3) is 1.06. The molecular weight excluding hydrogens is 126 g/mol. The second-order valence-electron chi connectivity index (χ2n) is 2.94. The average Bonchev–Trinajstić information content (AvgIpc) is 2.14. The molecular formula is C8H13NO. The molecule has 2 nitrogen and oxygen atoms in total. The molecule has 0 unspecified atom stereocenters. The highest BCUT2D eigenvalue weighted by atomic mass is 16.2. The number of amides is 1. The number of allylic oxidation sites excluding steroid dienone is 1. The van der Waals surface area contributed by atoms with E-state index in [0.717, 1.165) is 5.70 Å². The summed E-state index contributed by atoms with van der Waals surface area (Å²) in [5.41, 5.74) is 1.16. The molecule has 10 heavy (non-hydrogen) atoms. The summed E-state index contributed by atoms with van der Waals surface area (Å²) < 4.78 is 0. The lowest BCUT2D eigenvalue weighted by atomic mass is 10.1. The van der Waals surface area contributed by atoms with Crippen LogP contribution in [0.3, 0.4) is 0 Å². The molecule has 0 atom stereocenters. The first-order valence-corrected chi connectivity index (χ1v) is 3.59. The van der Waals surface area contributed by atoms with Gasteiger partial charge in [-0.1, -0.05) is 19.9 Å². The Morgan fingerprint density at radius 2 is 2.20 bits per heavy atom. The Balaban J connectivity index is 2.72. The lowest BCUT2D eigenvalue weighted by molar-refractivity contribution is -0.126. The van der Waals surface area contributed by atoms with Crippen molar-refractivity contribution < 1.29 is 4.79 Å². The maximum absolute atomic E-state index is 11.0. The number of nitrogens with zero attached hydrogens (tertiary/aromatic N) is 1. The molecule has 0 aromatic carbocycles. The summed E-state index contributed by atoms with van der Waals surface area (Å²) in [5.74, 6) is 0.681. The van der Waals surface area contributed by atoms with E-state index in [1.807, 2.05) is 13.1 Å². The summed E-state index contributed by atoms with van der Waals surface area (Å²) in [6.07, 6.45) is 2.59. The lowest BCUT2D eigenvalue weighted by Crippen LogP contribution is -2.22. The van der Waals surface area contributed by atoms with Crippen molar-refractivity contribution in [2.24, 2.45) is 5.92 Å². The zero-order valence-electron chi connectivity index (χ0n) is 6.72. The summed E-state index contributed by atoms with van der Waals surface area (Å²) in [7, 11) is 1.83. The fraction of sp³-hybridized carbons (Fsp3) is 0.625. The van der Waals surface area contributed by atoms with Crippen LogP contribution in [0.1, 0.15) is 20.3 Å². The van der Waals surface area contributed by atoms with Crippen LogP contribution in [0.2, 0.25) is 0 Å². The molecule has 0 radical (unpaired) electrons. The maximum atomic E-state index is 11.0. The number of hydrogen-bond donors (Lipinski definition) is 0. The minimum absolute atomic E-state index is 0.212. The van der Waals surface area contributed by atoms with Crippen molar-refractivity contribution in [1.29, 1.82) is 0 Å². The van der Waals surface area contributed by atoms with E-state index in [0.29, 0.717) is 12.3 Å². The average molecular weight is 139 g/mol. The Bertz CT molecular complexity index is 182. The monoisotopic (exact) mass is 139 g/mol. The quantitative estimate of drug-likeness (QED) is 0.537. The van der Waals surface area contributed by atoms with E-state index < -0.39 is 0 Å². The molecule has 56 valence electrons. The van der Waals surface area contributed by atoms with E-state index in [1.165, 1.54) is 0 Å². The summed E-state index contributed by atoms with van der Waals surface area (Å²) in [4.78, 5) is 12.7. The molecule has 0 spiro atoms. The van der Waals surface area contributed by atoms with Crippen LogP contribution in [0.4, 0.5) is 0 Å². The zero-order chi connectivity index (χ0) is 7.72. The number of carbonyl (C=O) groups excluding carboxylic acids is 1. The molecule has 0 bridgehead atoms. The fourth-order valence-corrected chi connectivity index (χ4v) is 1.23. The van der Waals surface area contributed by atoms with Crippen LogP contribution in [0.5, 0.6) is 0 Å². The Kier molecular flexibility index (Phi) is 1.79. The zero-order valence-corrected chi connectivity index (χ0v) is 6.72. The Hall–Kier alpha value is -0.790. The van der Waals surface area contributed by atoms with Gasteiger partial charge in [0.25, 0.3) is 0 Å². The summed E-state index contributed by atoms with van der Waals surface area (Å²) in [5, 5.41) is 0. The fourth-order valence-electron chi connectivity index (χ4n) is 1.23. The van der Waals surface area contributed by atoms with Gasteiger partial charge in [0, 0.05) is 19.2 Å². The molecule has 1 heterocycles. The first-order valence-electron chi connectivity index (χ1n) is 3.59. The summed E-state index contributed by atoms with van der Waals surface area (Å²) >= 11 is 0. The summed E-state index contributed by atoms with van der Waals surface area (Å²) in [6, 6.07) is 0. The molecule has 0 aromatic rings. The standard InChI is InChI=1S/C8H13NO/c1-6(2)7-4-5-8(10)9(7)3/h4,6H,5H2,1-3H3. The van der Waals surface area contributed by atoms with Crippen LogP contribution in [-0.2, 0) is 4.79 Å².